The Bertz CT molecular complexity index is 822. The van der Waals surface area contributed by atoms with Gasteiger partial charge in [0.25, 0.3) is 5.91 Å². The molecule has 1 aliphatic rings. The molecule has 1 N–H and O–H groups in total. The van der Waals surface area contributed by atoms with E-state index in [1.807, 2.05) is 18.2 Å². The van der Waals surface area contributed by atoms with Gasteiger partial charge in [0.2, 0.25) is 0 Å². The maximum absolute atomic E-state index is 12.5. The van der Waals surface area contributed by atoms with Crippen LogP contribution in [0.25, 0.3) is 0 Å². The molecule has 1 unspecified atom stereocenters. The Hall–Kier alpha value is -3.35. The molecule has 134 valence electrons. The van der Waals surface area contributed by atoms with Gasteiger partial charge < -0.3 is 14.8 Å². The molecule has 1 heterocycles. The van der Waals surface area contributed by atoms with Gasteiger partial charge in [-0.1, -0.05) is 30.3 Å². The number of amides is 3. The summed E-state index contributed by atoms with van der Waals surface area (Å²) in [5.41, 5.74) is 0.196. The molecular weight excluding hydrogens is 336 g/mol. The summed E-state index contributed by atoms with van der Waals surface area (Å²) < 4.78 is 11.0. The topological polar surface area (TPSA) is 84.9 Å². The highest BCUT2D eigenvalue weighted by Gasteiger charge is 2.32. The van der Waals surface area contributed by atoms with Crippen molar-refractivity contribution in [2.75, 3.05) is 13.1 Å². The zero-order valence-corrected chi connectivity index (χ0v) is 14.2. The van der Waals surface area contributed by atoms with Crippen molar-refractivity contribution in [1.82, 2.24) is 10.2 Å². The van der Waals surface area contributed by atoms with E-state index in [1.165, 1.54) is 6.92 Å². The highest BCUT2D eigenvalue weighted by molar-refractivity contribution is 6.00. The lowest BCUT2D eigenvalue weighted by molar-refractivity contribution is -0.136. The Kier molecular flexibility index (Phi) is 5.17. The zero-order valence-electron chi connectivity index (χ0n) is 14.2. The third kappa shape index (κ3) is 3.83. The lowest BCUT2D eigenvalue weighted by atomic mass is 10.2. The van der Waals surface area contributed by atoms with Crippen LogP contribution in [-0.2, 0) is 9.53 Å². The van der Waals surface area contributed by atoms with E-state index in [9.17, 15) is 14.4 Å². The van der Waals surface area contributed by atoms with Crippen LogP contribution in [0.4, 0.5) is 4.79 Å². The van der Waals surface area contributed by atoms with Gasteiger partial charge in [-0.15, -0.1) is 0 Å². The molecule has 1 aliphatic heterocycles. The second-order valence-corrected chi connectivity index (χ2v) is 5.68. The fourth-order valence-corrected chi connectivity index (χ4v) is 2.52. The first kappa shape index (κ1) is 17.5. The number of nitrogens with zero attached hydrogens (tertiary/aromatic N) is 1. The molecule has 7 nitrogen and oxygen atoms in total. The number of nitrogens with one attached hydrogen (secondary N) is 1. The number of hydrogen-bond acceptors (Lipinski definition) is 5. The second-order valence-electron chi connectivity index (χ2n) is 5.68. The van der Waals surface area contributed by atoms with Crippen LogP contribution in [-0.4, -0.2) is 42.0 Å². The molecule has 2 aromatic carbocycles. The maximum atomic E-state index is 12.5. The standard InChI is InChI=1S/C19H18N2O5/c1-13(17(22)21-12-11-20-19(21)24)25-18(23)15-9-5-6-10-16(15)26-14-7-3-2-4-8-14/h2-10,13H,11-12H2,1H3,(H,20,24). The largest absolute Gasteiger partial charge is 0.456 e. The number of esters is 1. The summed E-state index contributed by atoms with van der Waals surface area (Å²) in [5.74, 6) is -0.361. The quantitative estimate of drug-likeness (QED) is 0.834. The van der Waals surface area contributed by atoms with Gasteiger partial charge in [-0.2, -0.15) is 0 Å². The van der Waals surface area contributed by atoms with Crippen molar-refractivity contribution in [3.8, 4) is 11.5 Å². The summed E-state index contributed by atoms with van der Waals surface area (Å²) in [7, 11) is 0. The van der Waals surface area contributed by atoms with Crippen LogP contribution < -0.4 is 10.1 Å². The monoisotopic (exact) mass is 354 g/mol. The third-order valence-electron chi connectivity index (χ3n) is 3.83. The van der Waals surface area contributed by atoms with E-state index in [-0.39, 0.29) is 12.1 Å². The molecule has 0 spiro atoms. The summed E-state index contributed by atoms with van der Waals surface area (Å²) in [4.78, 5) is 37.3. The minimum Gasteiger partial charge on any atom is -0.456 e. The van der Waals surface area contributed by atoms with Crippen molar-refractivity contribution in [2.24, 2.45) is 0 Å². The number of rotatable bonds is 5. The van der Waals surface area contributed by atoms with Crippen LogP contribution in [0.2, 0.25) is 0 Å². The number of carbonyl (C=O) groups is 3. The van der Waals surface area contributed by atoms with Crippen molar-refractivity contribution >= 4 is 17.9 Å². The summed E-state index contributed by atoms with van der Waals surface area (Å²) in [5, 5.41) is 2.53. The van der Waals surface area contributed by atoms with E-state index in [4.69, 9.17) is 9.47 Å². The Morgan fingerprint density at radius 3 is 2.46 bits per heavy atom. The molecule has 3 rings (SSSR count). The number of imide groups is 1. The van der Waals surface area contributed by atoms with Crippen LogP contribution in [0.15, 0.2) is 54.6 Å². The van der Waals surface area contributed by atoms with Gasteiger partial charge >= 0.3 is 12.0 Å². The van der Waals surface area contributed by atoms with Gasteiger partial charge in [0.05, 0.1) is 0 Å². The molecule has 0 bridgehead atoms. The molecule has 2 aromatic rings. The van der Waals surface area contributed by atoms with Gasteiger partial charge in [0.15, 0.2) is 6.10 Å². The lowest BCUT2D eigenvalue weighted by Gasteiger charge is -2.18. The molecule has 1 saturated heterocycles. The SMILES string of the molecule is CC(OC(=O)c1ccccc1Oc1ccccc1)C(=O)N1CCNC1=O. The predicted octanol–water partition coefficient (Wildman–Crippen LogP) is 2.58. The van der Waals surface area contributed by atoms with Gasteiger partial charge in [-0.05, 0) is 31.2 Å². The number of carbonyl (C=O) groups excluding carboxylic acids is 3. The lowest BCUT2D eigenvalue weighted by Crippen LogP contribution is -2.41. The Labute approximate surface area is 150 Å². The molecule has 0 saturated carbocycles. The zero-order chi connectivity index (χ0) is 18.5. The van der Waals surface area contributed by atoms with E-state index in [2.05, 4.69) is 5.32 Å². The predicted molar refractivity (Wildman–Crippen MR) is 92.9 cm³/mol. The Morgan fingerprint density at radius 2 is 1.77 bits per heavy atom. The maximum Gasteiger partial charge on any atom is 0.342 e. The van der Waals surface area contributed by atoms with E-state index in [0.29, 0.717) is 18.0 Å². The van der Waals surface area contributed by atoms with Crippen molar-refractivity contribution in [3.63, 3.8) is 0 Å². The minimum atomic E-state index is -1.09. The first-order chi connectivity index (χ1) is 12.6. The van der Waals surface area contributed by atoms with Gasteiger partial charge in [0, 0.05) is 13.1 Å². The second kappa shape index (κ2) is 7.69. The highest BCUT2D eigenvalue weighted by atomic mass is 16.6. The fraction of sp³-hybridized carbons (Fsp3) is 0.211. The van der Waals surface area contributed by atoms with Crippen molar-refractivity contribution < 1.29 is 23.9 Å². The Morgan fingerprint density at radius 1 is 1.08 bits per heavy atom. The van der Waals surface area contributed by atoms with Crippen LogP contribution >= 0.6 is 0 Å². The number of urea groups is 1. The molecule has 3 amide bonds. The normalized spacial score (nSPS) is 14.5. The summed E-state index contributed by atoms with van der Waals surface area (Å²) in [6.07, 6.45) is -1.09. The van der Waals surface area contributed by atoms with Crippen LogP contribution in [0, 0.1) is 0 Å². The summed E-state index contributed by atoms with van der Waals surface area (Å²) in [6, 6.07) is 15.1. The number of hydrogen-bond donors (Lipinski definition) is 1. The molecule has 1 fully saturated rings. The van der Waals surface area contributed by atoms with Gasteiger partial charge in [-0.3, -0.25) is 9.69 Å². The first-order valence-electron chi connectivity index (χ1n) is 8.18. The summed E-state index contributed by atoms with van der Waals surface area (Å²) >= 11 is 0. The Balaban J connectivity index is 1.71. The molecular formula is C19H18N2O5. The smallest absolute Gasteiger partial charge is 0.342 e. The first-order valence-corrected chi connectivity index (χ1v) is 8.18. The molecule has 7 heteroatoms. The highest BCUT2D eigenvalue weighted by Crippen LogP contribution is 2.26. The van der Waals surface area contributed by atoms with E-state index >= 15 is 0 Å². The average molecular weight is 354 g/mol. The molecule has 0 radical (unpaired) electrons. The van der Waals surface area contributed by atoms with E-state index < -0.39 is 24.0 Å². The number of para-hydroxylation sites is 2. The molecule has 1 atom stereocenters. The molecule has 0 aliphatic carbocycles. The van der Waals surface area contributed by atoms with Gasteiger partial charge in [0.1, 0.15) is 17.1 Å². The fourth-order valence-electron chi connectivity index (χ4n) is 2.52. The number of benzene rings is 2. The minimum absolute atomic E-state index is 0.196. The van der Waals surface area contributed by atoms with E-state index in [0.717, 1.165) is 4.90 Å². The van der Waals surface area contributed by atoms with Crippen LogP contribution in [0.1, 0.15) is 17.3 Å². The van der Waals surface area contributed by atoms with Gasteiger partial charge in [-0.25, -0.2) is 9.59 Å². The third-order valence-corrected chi connectivity index (χ3v) is 3.83. The molecule has 0 aromatic heterocycles. The van der Waals surface area contributed by atoms with E-state index in [1.54, 1.807) is 36.4 Å². The van der Waals surface area contributed by atoms with Crippen LogP contribution in [0.5, 0.6) is 11.5 Å². The van der Waals surface area contributed by atoms with Crippen LogP contribution in [0.3, 0.4) is 0 Å². The van der Waals surface area contributed by atoms with Crippen molar-refractivity contribution in [2.45, 2.75) is 13.0 Å². The van der Waals surface area contributed by atoms with Crippen molar-refractivity contribution in [1.29, 1.82) is 0 Å². The average Bonchev–Trinajstić information content (AvgIpc) is 3.08. The number of ether oxygens (including phenoxy) is 2. The summed E-state index contributed by atoms with van der Waals surface area (Å²) in [6.45, 7) is 2.08. The molecule has 26 heavy (non-hydrogen) atoms. The van der Waals surface area contributed by atoms with Crippen molar-refractivity contribution in [3.05, 3.63) is 60.2 Å².